The van der Waals surface area contributed by atoms with Gasteiger partial charge in [-0.1, -0.05) is 226 Å². The van der Waals surface area contributed by atoms with E-state index in [1.807, 2.05) is 12.2 Å². The largest absolute Gasteiger partial charge is 0.472 e. The number of aliphatic hydroxyl groups excluding tert-OH is 1. The number of rotatable bonds is 54. The van der Waals surface area contributed by atoms with Gasteiger partial charge in [-0.05, 0) is 103 Å². The summed E-state index contributed by atoms with van der Waals surface area (Å²) in [4.78, 5) is 48.5. The Bertz CT molecular complexity index is 1690. The molecule has 0 bridgehead atoms. The molecule has 12 heteroatoms. The number of phosphoric acid groups is 1. The highest BCUT2D eigenvalue weighted by atomic mass is 31.2. The maximum Gasteiger partial charge on any atom is 0.472 e. The molecule has 76 heavy (non-hydrogen) atoms. The zero-order valence-corrected chi connectivity index (χ0v) is 48.8. The predicted octanol–water partition coefficient (Wildman–Crippen LogP) is 17.8. The Morgan fingerprint density at radius 1 is 0.395 bits per heavy atom. The van der Waals surface area contributed by atoms with Crippen molar-refractivity contribution in [2.75, 3.05) is 26.4 Å². The van der Waals surface area contributed by atoms with Crippen LogP contribution in [0.15, 0.2) is 109 Å². The predicted molar refractivity (Wildman–Crippen MR) is 316 cm³/mol. The van der Waals surface area contributed by atoms with Gasteiger partial charge in [0.25, 0.3) is 0 Å². The van der Waals surface area contributed by atoms with Crippen LogP contribution in [-0.4, -0.2) is 66.5 Å². The van der Waals surface area contributed by atoms with E-state index >= 15 is 0 Å². The first-order valence-electron chi connectivity index (χ1n) is 29.8. The third kappa shape index (κ3) is 54.9. The van der Waals surface area contributed by atoms with E-state index in [1.54, 1.807) is 6.08 Å². The molecule has 0 aromatic rings. The second kappa shape index (κ2) is 57.3. The SMILES string of the molecule is CC/C=C\C/C=C\C/C=C\C/C=C\C/C=C\CC(=O)OC(COC(=O)CCCCCCCCCCC/C=C\CCCCCCCC)COP(=O)(O)OCC(CO)OC(=O)CCCCCCC/C=C\C/C=C\C/C=C\CC. The average molecular weight is 1080 g/mol. The van der Waals surface area contributed by atoms with E-state index in [0.29, 0.717) is 19.3 Å². The topological polar surface area (TPSA) is 155 Å². The number of unbranched alkanes of at least 4 members (excludes halogenated alkanes) is 20. The van der Waals surface area contributed by atoms with Crippen LogP contribution in [0.25, 0.3) is 0 Å². The van der Waals surface area contributed by atoms with Crippen LogP contribution >= 0.6 is 7.82 Å². The molecule has 0 aromatic carbocycles. The summed E-state index contributed by atoms with van der Waals surface area (Å²) in [5.74, 6) is -1.64. The van der Waals surface area contributed by atoms with E-state index in [4.69, 9.17) is 23.3 Å². The number of esters is 3. The summed E-state index contributed by atoms with van der Waals surface area (Å²) in [6.07, 6.45) is 69.4. The molecule has 0 saturated heterocycles. The van der Waals surface area contributed by atoms with Gasteiger partial charge in [0.2, 0.25) is 0 Å². The molecular formula is C64H107O11P. The summed E-state index contributed by atoms with van der Waals surface area (Å²) in [5, 5.41) is 9.82. The fraction of sp³-hybridized carbons (Fsp3) is 0.672. The van der Waals surface area contributed by atoms with Crippen LogP contribution in [0.5, 0.6) is 0 Å². The van der Waals surface area contributed by atoms with Crippen LogP contribution in [-0.2, 0) is 42.2 Å². The van der Waals surface area contributed by atoms with Crippen molar-refractivity contribution in [3.8, 4) is 0 Å². The van der Waals surface area contributed by atoms with Gasteiger partial charge in [0.15, 0.2) is 6.10 Å². The van der Waals surface area contributed by atoms with E-state index < -0.39 is 57.8 Å². The van der Waals surface area contributed by atoms with E-state index in [9.17, 15) is 28.9 Å². The molecule has 11 nitrogen and oxygen atoms in total. The highest BCUT2D eigenvalue weighted by Gasteiger charge is 2.28. The fourth-order valence-electron chi connectivity index (χ4n) is 7.73. The van der Waals surface area contributed by atoms with Crippen molar-refractivity contribution in [1.82, 2.24) is 0 Å². The molecule has 0 rings (SSSR count). The van der Waals surface area contributed by atoms with E-state index in [0.717, 1.165) is 96.3 Å². The van der Waals surface area contributed by atoms with Gasteiger partial charge in [0.1, 0.15) is 12.7 Å². The molecule has 3 atom stereocenters. The van der Waals surface area contributed by atoms with Gasteiger partial charge in [0, 0.05) is 12.8 Å². The highest BCUT2D eigenvalue weighted by Crippen LogP contribution is 2.43. The van der Waals surface area contributed by atoms with Crippen molar-refractivity contribution in [2.24, 2.45) is 0 Å². The number of allylic oxidation sites excluding steroid dienone is 17. The summed E-state index contributed by atoms with van der Waals surface area (Å²) in [6.45, 7) is 4.29. The lowest BCUT2D eigenvalue weighted by Crippen LogP contribution is -2.30. The fourth-order valence-corrected chi connectivity index (χ4v) is 8.52. The number of ether oxygens (including phenoxy) is 3. The van der Waals surface area contributed by atoms with Crippen LogP contribution in [0.2, 0.25) is 0 Å². The van der Waals surface area contributed by atoms with Crippen molar-refractivity contribution in [3.63, 3.8) is 0 Å². The van der Waals surface area contributed by atoms with Crippen LogP contribution in [0, 0.1) is 0 Å². The van der Waals surface area contributed by atoms with E-state index in [1.165, 1.54) is 83.5 Å². The minimum atomic E-state index is -4.78. The second-order valence-corrected chi connectivity index (χ2v) is 20.9. The molecule has 0 saturated carbocycles. The molecule has 0 radical (unpaired) electrons. The molecule has 0 fully saturated rings. The van der Waals surface area contributed by atoms with E-state index in [-0.39, 0.29) is 25.9 Å². The number of aliphatic hydroxyl groups is 1. The first-order chi connectivity index (χ1) is 37.2. The Morgan fingerprint density at radius 3 is 1.17 bits per heavy atom. The van der Waals surface area contributed by atoms with Crippen molar-refractivity contribution in [2.45, 2.75) is 251 Å². The molecule has 0 aliphatic heterocycles. The number of hydrogen-bond donors (Lipinski definition) is 2. The standard InChI is InChI=1S/C64H107O11P/c1-4-7-10-13-16-19-22-25-28-29-30-31-34-35-38-41-44-47-50-53-62(66)71-57-61(75-64(68)55-52-49-46-43-40-37-33-27-24-21-18-15-12-9-6-3)59-73-76(69,70)72-58-60(56-65)74-63(67)54-51-48-45-42-39-36-32-26-23-20-17-14-11-8-5-2/h8-9,11-12,17-18,20-21,25-28,32-33,40,43,49,52,60-61,65H,4-7,10,13-16,19,22-24,29-31,34-39,41-42,44-48,50-51,53-59H2,1-3H3,(H,69,70)/b11-8-,12-9-,20-17-,21-18-,28-25-,32-26-,33-27-,43-40-,52-49-. The lowest BCUT2D eigenvalue weighted by molar-refractivity contribution is -0.160. The Balaban J connectivity index is 4.81. The van der Waals surface area contributed by atoms with Crippen LogP contribution in [0.4, 0.5) is 0 Å². The third-order valence-corrected chi connectivity index (χ3v) is 13.1. The van der Waals surface area contributed by atoms with Gasteiger partial charge in [-0.3, -0.25) is 23.4 Å². The molecule has 0 heterocycles. The van der Waals surface area contributed by atoms with Crippen LogP contribution in [0.1, 0.15) is 239 Å². The quantitative estimate of drug-likeness (QED) is 0.0197. The van der Waals surface area contributed by atoms with E-state index in [2.05, 4.69) is 112 Å². The maximum atomic E-state index is 12.9. The molecule has 0 aromatic heterocycles. The number of carbonyl (C=O) groups excluding carboxylic acids is 3. The summed E-state index contributed by atoms with van der Waals surface area (Å²) in [7, 11) is -4.78. The van der Waals surface area contributed by atoms with Gasteiger partial charge in [-0.15, -0.1) is 0 Å². The molecule has 0 aliphatic carbocycles. The average Bonchev–Trinajstić information content (AvgIpc) is 3.41. The Morgan fingerprint density at radius 2 is 0.737 bits per heavy atom. The van der Waals surface area contributed by atoms with Gasteiger partial charge in [-0.2, -0.15) is 0 Å². The maximum absolute atomic E-state index is 12.9. The van der Waals surface area contributed by atoms with Crippen LogP contribution < -0.4 is 0 Å². The van der Waals surface area contributed by atoms with Crippen LogP contribution in [0.3, 0.4) is 0 Å². The zero-order chi connectivity index (χ0) is 55.5. The number of carbonyl (C=O) groups is 3. The lowest BCUT2D eigenvalue weighted by atomic mass is 10.1. The molecule has 0 amide bonds. The molecule has 0 spiro atoms. The summed E-state index contributed by atoms with van der Waals surface area (Å²) in [5.41, 5.74) is 0. The van der Waals surface area contributed by atoms with Gasteiger partial charge < -0.3 is 24.2 Å². The lowest BCUT2D eigenvalue weighted by Gasteiger charge is -2.21. The molecule has 434 valence electrons. The zero-order valence-electron chi connectivity index (χ0n) is 47.9. The van der Waals surface area contributed by atoms with Crippen molar-refractivity contribution < 1.29 is 52.2 Å². The minimum Gasteiger partial charge on any atom is -0.462 e. The van der Waals surface area contributed by atoms with Gasteiger partial charge in [-0.25, -0.2) is 4.57 Å². The normalized spacial score (nSPS) is 14.1. The van der Waals surface area contributed by atoms with Crippen molar-refractivity contribution >= 4 is 25.7 Å². The van der Waals surface area contributed by atoms with Gasteiger partial charge in [0.05, 0.1) is 26.2 Å². The first kappa shape index (κ1) is 72.1. The smallest absolute Gasteiger partial charge is 0.462 e. The highest BCUT2D eigenvalue weighted by molar-refractivity contribution is 7.47. The summed E-state index contributed by atoms with van der Waals surface area (Å²) >= 11 is 0. The second-order valence-electron chi connectivity index (χ2n) is 19.4. The monoisotopic (exact) mass is 1080 g/mol. The van der Waals surface area contributed by atoms with Gasteiger partial charge >= 0.3 is 25.7 Å². The molecular weight excluding hydrogens is 976 g/mol. The minimum absolute atomic E-state index is 0.0702. The number of phosphoric ester groups is 1. The first-order valence-corrected chi connectivity index (χ1v) is 31.3. The third-order valence-electron chi connectivity index (χ3n) is 12.2. The Labute approximate surface area is 463 Å². The molecule has 0 aliphatic rings. The molecule has 2 N–H and O–H groups in total. The Hall–Kier alpha value is -3.86. The van der Waals surface area contributed by atoms with Crippen molar-refractivity contribution in [1.29, 1.82) is 0 Å². The summed E-state index contributed by atoms with van der Waals surface area (Å²) < 4.78 is 39.4. The summed E-state index contributed by atoms with van der Waals surface area (Å²) in [6, 6.07) is 0. The molecule has 3 unspecified atom stereocenters. The number of hydrogen-bond acceptors (Lipinski definition) is 10. The van der Waals surface area contributed by atoms with Crippen molar-refractivity contribution in [3.05, 3.63) is 109 Å². The Kier molecular flexibility index (Phi) is 54.4.